The van der Waals surface area contributed by atoms with Crippen LogP contribution in [0.3, 0.4) is 0 Å². The number of esters is 1. The zero-order chi connectivity index (χ0) is 17.7. The summed E-state index contributed by atoms with van der Waals surface area (Å²) in [5.41, 5.74) is 1.45. The van der Waals surface area contributed by atoms with Gasteiger partial charge in [0.15, 0.2) is 0 Å². The zero-order valence-electron chi connectivity index (χ0n) is 14.1. The number of carbonyl (C=O) groups excluding carboxylic acids is 1. The predicted octanol–water partition coefficient (Wildman–Crippen LogP) is 1.63. The molecule has 0 aromatic carbocycles. The van der Waals surface area contributed by atoms with Crippen LogP contribution in [-0.4, -0.2) is 21.6 Å². The summed E-state index contributed by atoms with van der Waals surface area (Å²) in [5.74, 6) is -0.0772. The highest BCUT2D eigenvalue weighted by Gasteiger charge is 2.53. The van der Waals surface area contributed by atoms with Gasteiger partial charge >= 0.3 is 11.7 Å². The average Bonchev–Trinajstić information content (AvgIpc) is 3.04. The van der Waals surface area contributed by atoms with E-state index in [2.05, 4.69) is 18.1 Å². The maximum atomic E-state index is 12.6. The Hall–Kier alpha value is -2.37. The highest BCUT2D eigenvalue weighted by molar-refractivity contribution is 5.75. The standard InChI is InChI=1S/C19H22N2O4/c1-10-3-6-13-14(9-21-8-7-15(22)20-19(21)24)18(23)25-17(13)16-11(2)4-5-12(10)16/h7-8,12-14,16-17H,1-6,9H2,(H,20,22,24)/t12?,13-,14-,16-,17-/m0/s1. The lowest BCUT2D eigenvalue weighted by molar-refractivity contribution is -0.146. The van der Waals surface area contributed by atoms with Crippen LogP contribution in [0.15, 0.2) is 46.2 Å². The summed E-state index contributed by atoms with van der Waals surface area (Å²) in [4.78, 5) is 38.0. The number of hydrogen-bond acceptors (Lipinski definition) is 4. The van der Waals surface area contributed by atoms with Crippen LogP contribution in [0.4, 0.5) is 0 Å². The number of H-pyrrole nitrogens is 1. The fourth-order valence-corrected chi connectivity index (χ4v) is 4.86. The molecule has 0 radical (unpaired) electrons. The minimum atomic E-state index is -0.495. The molecular weight excluding hydrogens is 320 g/mol. The predicted molar refractivity (Wildman–Crippen MR) is 91.9 cm³/mol. The summed E-state index contributed by atoms with van der Waals surface area (Å²) in [6.45, 7) is 8.69. The molecule has 0 spiro atoms. The first kappa shape index (κ1) is 16.1. The number of ether oxygens (including phenoxy) is 1. The topological polar surface area (TPSA) is 81.2 Å². The number of rotatable bonds is 2. The minimum absolute atomic E-state index is 0.0490. The lowest BCUT2D eigenvalue weighted by atomic mass is 9.79. The SMILES string of the molecule is C=C1CC[C@@H]2[C@H](OC(=O)[C@H]2Cn2ccc(=O)[nH]c2=O)[C@H]2C(=C)CCC12. The summed E-state index contributed by atoms with van der Waals surface area (Å²) in [5, 5.41) is 0. The Morgan fingerprint density at radius 2 is 1.92 bits per heavy atom. The van der Waals surface area contributed by atoms with Gasteiger partial charge in [0, 0.05) is 30.6 Å². The van der Waals surface area contributed by atoms with E-state index in [-0.39, 0.29) is 36.4 Å². The molecule has 1 unspecified atom stereocenters. The van der Waals surface area contributed by atoms with E-state index in [1.54, 1.807) is 0 Å². The van der Waals surface area contributed by atoms with Gasteiger partial charge < -0.3 is 4.74 Å². The second kappa shape index (κ2) is 5.86. The van der Waals surface area contributed by atoms with Crippen LogP contribution in [-0.2, 0) is 16.1 Å². The Labute approximate surface area is 145 Å². The number of nitrogens with zero attached hydrogens (tertiary/aromatic N) is 1. The third kappa shape index (κ3) is 2.60. The van der Waals surface area contributed by atoms with Crippen molar-refractivity contribution < 1.29 is 9.53 Å². The molecule has 1 aromatic rings. The van der Waals surface area contributed by atoms with Crippen molar-refractivity contribution in [2.24, 2.45) is 23.7 Å². The van der Waals surface area contributed by atoms with Gasteiger partial charge in [-0.1, -0.05) is 24.3 Å². The third-order valence-electron chi connectivity index (χ3n) is 6.14. The maximum Gasteiger partial charge on any atom is 0.328 e. The average molecular weight is 342 g/mol. The molecule has 132 valence electrons. The number of allylic oxidation sites excluding steroid dienone is 1. The van der Waals surface area contributed by atoms with Gasteiger partial charge in [-0.15, -0.1) is 0 Å². The van der Waals surface area contributed by atoms with Crippen molar-refractivity contribution in [3.63, 3.8) is 0 Å². The Morgan fingerprint density at radius 3 is 2.68 bits per heavy atom. The first-order chi connectivity index (χ1) is 12.0. The van der Waals surface area contributed by atoms with Crippen LogP contribution in [0.5, 0.6) is 0 Å². The summed E-state index contributed by atoms with van der Waals surface area (Å²) in [7, 11) is 0. The first-order valence-corrected chi connectivity index (χ1v) is 8.81. The van der Waals surface area contributed by atoms with Crippen molar-refractivity contribution in [3.8, 4) is 0 Å². The molecule has 4 rings (SSSR count). The Bertz CT molecular complexity index is 865. The fraction of sp³-hybridized carbons (Fsp3) is 0.526. The Balaban J connectivity index is 1.65. The smallest absolute Gasteiger partial charge is 0.328 e. The quantitative estimate of drug-likeness (QED) is 0.654. The number of aromatic nitrogens is 2. The van der Waals surface area contributed by atoms with Crippen LogP contribution >= 0.6 is 0 Å². The van der Waals surface area contributed by atoms with Crippen molar-refractivity contribution in [3.05, 3.63) is 57.4 Å². The van der Waals surface area contributed by atoms with Crippen LogP contribution < -0.4 is 11.2 Å². The van der Waals surface area contributed by atoms with Gasteiger partial charge in [0.05, 0.1) is 5.92 Å². The van der Waals surface area contributed by atoms with Crippen LogP contribution in [0.2, 0.25) is 0 Å². The van der Waals surface area contributed by atoms with Gasteiger partial charge in [-0.05, 0) is 31.6 Å². The molecule has 2 aliphatic carbocycles. The molecule has 25 heavy (non-hydrogen) atoms. The van der Waals surface area contributed by atoms with E-state index in [4.69, 9.17) is 4.74 Å². The molecule has 2 heterocycles. The summed E-state index contributed by atoms with van der Waals surface area (Å²) >= 11 is 0. The van der Waals surface area contributed by atoms with E-state index in [0.29, 0.717) is 5.92 Å². The lowest BCUT2D eigenvalue weighted by Gasteiger charge is -2.27. The number of hydrogen-bond donors (Lipinski definition) is 1. The number of fused-ring (bicyclic) bond motifs is 3. The molecule has 1 aliphatic heterocycles. The normalized spacial score (nSPS) is 34.4. The van der Waals surface area contributed by atoms with E-state index in [0.717, 1.165) is 31.3 Å². The zero-order valence-corrected chi connectivity index (χ0v) is 14.1. The van der Waals surface area contributed by atoms with Crippen LogP contribution in [0.1, 0.15) is 25.7 Å². The lowest BCUT2D eigenvalue weighted by Crippen LogP contribution is -2.34. The van der Waals surface area contributed by atoms with Crippen molar-refractivity contribution >= 4 is 5.97 Å². The highest BCUT2D eigenvalue weighted by Crippen LogP contribution is 2.52. The molecule has 3 fully saturated rings. The van der Waals surface area contributed by atoms with Crippen LogP contribution in [0.25, 0.3) is 0 Å². The Kier molecular flexibility index (Phi) is 3.78. The van der Waals surface area contributed by atoms with Crippen molar-refractivity contribution in [2.45, 2.75) is 38.3 Å². The molecule has 5 atom stereocenters. The molecule has 1 N–H and O–H groups in total. The maximum absolute atomic E-state index is 12.6. The minimum Gasteiger partial charge on any atom is -0.461 e. The van der Waals surface area contributed by atoms with Crippen molar-refractivity contribution in [1.29, 1.82) is 0 Å². The largest absolute Gasteiger partial charge is 0.461 e. The van der Waals surface area contributed by atoms with Gasteiger partial charge in [0.2, 0.25) is 0 Å². The van der Waals surface area contributed by atoms with Gasteiger partial charge in [0.1, 0.15) is 6.10 Å². The second-order valence-corrected chi connectivity index (χ2v) is 7.46. The second-order valence-electron chi connectivity index (χ2n) is 7.46. The molecular formula is C19H22N2O4. The van der Waals surface area contributed by atoms with E-state index in [9.17, 15) is 14.4 Å². The number of aromatic amines is 1. The molecule has 3 aliphatic rings. The van der Waals surface area contributed by atoms with Crippen molar-refractivity contribution in [2.75, 3.05) is 0 Å². The molecule has 0 amide bonds. The van der Waals surface area contributed by atoms with E-state index >= 15 is 0 Å². The van der Waals surface area contributed by atoms with Crippen LogP contribution in [0, 0.1) is 23.7 Å². The molecule has 6 nitrogen and oxygen atoms in total. The highest BCUT2D eigenvalue weighted by atomic mass is 16.6. The summed E-state index contributed by atoms with van der Waals surface area (Å²) < 4.78 is 7.18. The molecule has 1 aromatic heterocycles. The fourth-order valence-electron chi connectivity index (χ4n) is 4.86. The third-order valence-corrected chi connectivity index (χ3v) is 6.14. The van der Waals surface area contributed by atoms with Gasteiger partial charge in [0.25, 0.3) is 5.56 Å². The monoisotopic (exact) mass is 342 g/mol. The molecule has 2 saturated carbocycles. The van der Waals surface area contributed by atoms with Gasteiger partial charge in [-0.2, -0.15) is 0 Å². The Morgan fingerprint density at radius 1 is 1.16 bits per heavy atom. The molecule has 0 bridgehead atoms. The number of carbonyl (C=O) groups is 1. The first-order valence-electron chi connectivity index (χ1n) is 8.81. The molecule has 6 heteroatoms. The van der Waals surface area contributed by atoms with E-state index in [1.807, 2.05) is 0 Å². The molecule has 1 saturated heterocycles. The van der Waals surface area contributed by atoms with Gasteiger partial charge in [-0.3, -0.25) is 19.1 Å². The van der Waals surface area contributed by atoms with E-state index < -0.39 is 11.2 Å². The summed E-state index contributed by atoms with van der Waals surface area (Å²) in [6.07, 6.45) is 4.97. The van der Waals surface area contributed by atoms with Crippen molar-refractivity contribution in [1.82, 2.24) is 9.55 Å². The summed E-state index contributed by atoms with van der Waals surface area (Å²) in [6, 6.07) is 1.29. The van der Waals surface area contributed by atoms with Gasteiger partial charge in [-0.25, -0.2) is 4.79 Å². The van der Waals surface area contributed by atoms with E-state index in [1.165, 1.54) is 22.4 Å². The number of nitrogens with one attached hydrogen (secondary N) is 1.